The van der Waals surface area contributed by atoms with Gasteiger partial charge in [-0.05, 0) is 31.4 Å². The molecule has 0 radical (unpaired) electrons. The molecule has 23 heavy (non-hydrogen) atoms. The molecule has 0 fully saturated rings. The number of hydrogen-bond acceptors (Lipinski definition) is 4. The van der Waals surface area contributed by atoms with Crippen molar-refractivity contribution in [2.75, 3.05) is 25.6 Å². The Balaban J connectivity index is 1.93. The van der Waals surface area contributed by atoms with Gasteiger partial charge >= 0.3 is 5.09 Å². The smallest absolute Gasteiger partial charge is 0.475 e. The minimum atomic E-state index is -0.498. The third-order valence-electron chi connectivity index (χ3n) is 3.66. The number of pyridine rings is 1. The minimum absolute atomic E-state index is 0.224. The lowest BCUT2D eigenvalue weighted by Gasteiger charge is -2.10. The molecule has 2 N–H and O–H groups in total. The molecule has 0 amide bonds. The average Bonchev–Trinajstić information content (AvgIpc) is 2.55. The third kappa shape index (κ3) is 4.45. The lowest BCUT2D eigenvalue weighted by Crippen LogP contribution is -2.29. The standard InChI is InChI=1S/C16H22N3O4/c1-18-11-9-14(13-7-6-8-15(22-2)16(13)18)17-10-4-3-5-12-23-19(20)21/h6-9,11H,3-5,10,12H2,1-2H3,(H,20,21)/q+1/p+1. The van der Waals surface area contributed by atoms with Crippen LogP contribution in [0.4, 0.5) is 5.69 Å². The lowest BCUT2D eigenvalue weighted by molar-refractivity contribution is -0.975. The summed E-state index contributed by atoms with van der Waals surface area (Å²) < 4.78 is 7.48. The van der Waals surface area contributed by atoms with Gasteiger partial charge in [-0.2, -0.15) is 9.40 Å². The fraction of sp³-hybridized carbons (Fsp3) is 0.438. The topological polar surface area (TPSA) is 74.7 Å². The summed E-state index contributed by atoms with van der Waals surface area (Å²) in [6, 6.07) is 8.05. The Hall–Kier alpha value is -2.57. The van der Waals surface area contributed by atoms with Gasteiger partial charge in [0.05, 0.1) is 18.2 Å². The molecular weight excluding hydrogens is 298 g/mol. The molecule has 1 aromatic heterocycles. The van der Waals surface area contributed by atoms with Gasteiger partial charge in [0.15, 0.2) is 18.6 Å². The molecule has 0 aliphatic rings. The second-order valence-corrected chi connectivity index (χ2v) is 5.26. The molecular formula is C16H23N3O4+2. The van der Waals surface area contributed by atoms with Crippen LogP contribution in [0.2, 0.25) is 0 Å². The Kier molecular flexibility index (Phi) is 5.96. The Labute approximate surface area is 134 Å². The summed E-state index contributed by atoms with van der Waals surface area (Å²) in [5.74, 6) is 0.844. The largest absolute Gasteiger partial charge is 0.490 e. The average molecular weight is 321 g/mol. The zero-order chi connectivity index (χ0) is 16.7. The highest BCUT2D eigenvalue weighted by Gasteiger charge is 2.14. The molecule has 0 saturated heterocycles. The highest BCUT2D eigenvalue weighted by molar-refractivity contribution is 5.92. The van der Waals surface area contributed by atoms with E-state index in [1.54, 1.807) is 7.11 Å². The highest BCUT2D eigenvalue weighted by Crippen LogP contribution is 2.27. The molecule has 0 aliphatic heterocycles. The van der Waals surface area contributed by atoms with Gasteiger partial charge in [0.1, 0.15) is 12.0 Å². The molecule has 1 heterocycles. The molecule has 1 aromatic carbocycles. The van der Waals surface area contributed by atoms with Crippen LogP contribution in [-0.4, -0.2) is 30.6 Å². The number of unbranched alkanes of at least 4 members (excludes halogenated alkanes) is 2. The summed E-state index contributed by atoms with van der Waals surface area (Å²) in [4.78, 5) is 14.5. The van der Waals surface area contributed by atoms with E-state index in [0.717, 1.165) is 48.1 Å². The maximum Gasteiger partial charge on any atom is 0.475 e. The van der Waals surface area contributed by atoms with Crippen molar-refractivity contribution in [3.05, 3.63) is 35.4 Å². The molecule has 7 heteroatoms. The number of para-hydroxylation sites is 1. The maximum atomic E-state index is 10.1. The molecule has 0 unspecified atom stereocenters. The zero-order valence-corrected chi connectivity index (χ0v) is 13.5. The minimum Gasteiger partial charge on any atom is -0.490 e. The molecule has 0 aliphatic carbocycles. The fourth-order valence-electron chi connectivity index (χ4n) is 2.54. The Morgan fingerprint density at radius 2 is 2.09 bits per heavy atom. The summed E-state index contributed by atoms with van der Waals surface area (Å²) in [5.41, 5.74) is 2.11. The Morgan fingerprint density at radius 1 is 1.26 bits per heavy atom. The summed E-state index contributed by atoms with van der Waals surface area (Å²) in [5, 5.41) is 12.3. The quantitative estimate of drug-likeness (QED) is 0.421. The van der Waals surface area contributed by atoms with E-state index in [4.69, 9.17) is 9.94 Å². The number of hydrogen-bond donors (Lipinski definition) is 2. The van der Waals surface area contributed by atoms with Gasteiger partial charge in [-0.15, -0.1) is 0 Å². The molecule has 0 spiro atoms. The number of aryl methyl sites for hydroxylation is 1. The van der Waals surface area contributed by atoms with Gasteiger partial charge in [-0.1, -0.05) is 6.07 Å². The van der Waals surface area contributed by atoms with E-state index in [2.05, 4.69) is 16.2 Å². The van der Waals surface area contributed by atoms with Gasteiger partial charge < -0.3 is 10.1 Å². The zero-order valence-electron chi connectivity index (χ0n) is 13.5. The van der Waals surface area contributed by atoms with E-state index in [0.29, 0.717) is 0 Å². The maximum absolute atomic E-state index is 10.1. The van der Waals surface area contributed by atoms with Crippen LogP contribution in [-0.2, 0) is 11.9 Å². The van der Waals surface area contributed by atoms with Crippen LogP contribution >= 0.6 is 0 Å². The first-order valence-corrected chi connectivity index (χ1v) is 7.61. The lowest BCUT2D eigenvalue weighted by atomic mass is 10.1. The molecule has 2 aromatic rings. The number of fused-ring (bicyclic) bond motifs is 1. The first-order valence-electron chi connectivity index (χ1n) is 7.61. The van der Waals surface area contributed by atoms with Crippen molar-refractivity contribution < 1.29 is 24.4 Å². The van der Waals surface area contributed by atoms with Crippen LogP contribution in [0.1, 0.15) is 19.3 Å². The van der Waals surface area contributed by atoms with Crippen LogP contribution in [0, 0.1) is 4.91 Å². The third-order valence-corrected chi connectivity index (χ3v) is 3.66. The van der Waals surface area contributed by atoms with E-state index in [1.807, 2.05) is 36.0 Å². The van der Waals surface area contributed by atoms with Crippen molar-refractivity contribution in [3.63, 3.8) is 0 Å². The van der Waals surface area contributed by atoms with E-state index in [1.165, 1.54) is 0 Å². The normalized spacial score (nSPS) is 10.5. The van der Waals surface area contributed by atoms with Crippen LogP contribution in [0.3, 0.4) is 0 Å². The van der Waals surface area contributed by atoms with E-state index in [9.17, 15) is 4.91 Å². The summed E-state index contributed by atoms with van der Waals surface area (Å²) >= 11 is 0. The van der Waals surface area contributed by atoms with E-state index in [-0.39, 0.29) is 6.61 Å². The molecule has 0 atom stereocenters. The van der Waals surface area contributed by atoms with Gasteiger partial charge in [-0.3, -0.25) is 0 Å². The number of benzene rings is 1. The van der Waals surface area contributed by atoms with Crippen molar-refractivity contribution in [1.82, 2.24) is 0 Å². The molecule has 0 bridgehead atoms. The van der Waals surface area contributed by atoms with E-state index < -0.39 is 5.09 Å². The predicted octanol–water partition coefficient (Wildman–Crippen LogP) is 2.35. The molecule has 7 nitrogen and oxygen atoms in total. The monoisotopic (exact) mass is 321 g/mol. The van der Waals surface area contributed by atoms with Gasteiger partial charge in [0, 0.05) is 12.6 Å². The first-order chi connectivity index (χ1) is 11.1. The van der Waals surface area contributed by atoms with Crippen molar-refractivity contribution in [2.24, 2.45) is 7.05 Å². The number of nitrogens with zero attached hydrogens (tertiary/aromatic N) is 2. The van der Waals surface area contributed by atoms with Crippen LogP contribution in [0.5, 0.6) is 5.75 Å². The van der Waals surface area contributed by atoms with Gasteiger partial charge in [0.2, 0.25) is 0 Å². The SMILES string of the molecule is COc1cccc2c(NCCCCCO[N+](=O)O)cc[n+](C)c12. The number of nitrogens with one attached hydrogen (secondary N) is 1. The molecule has 124 valence electrons. The summed E-state index contributed by atoms with van der Waals surface area (Å²) in [6.45, 7) is 1.04. The van der Waals surface area contributed by atoms with Crippen molar-refractivity contribution >= 4 is 16.6 Å². The van der Waals surface area contributed by atoms with E-state index >= 15 is 0 Å². The number of rotatable bonds is 9. The number of methoxy groups -OCH3 is 1. The molecule has 0 saturated carbocycles. The second kappa shape index (κ2) is 8.17. The fourth-order valence-corrected chi connectivity index (χ4v) is 2.54. The van der Waals surface area contributed by atoms with Crippen LogP contribution in [0.15, 0.2) is 30.5 Å². The number of anilines is 1. The Bertz CT molecular complexity index is 676. The van der Waals surface area contributed by atoms with Crippen molar-refractivity contribution in [1.29, 1.82) is 0 Å². The second-order valence-electron chi connectivity index (χ2n) is 5.26. The summed E-state index contributed by atoms with van der Waals surface area (Å²) in [6.07, 6.45) is 4.58. The molecule has 2 rings (SSSR count). The highest BCUT2D eigenvalue weighted by atomic mass is 16.9. The van der Waals surface area contributed by atoms with Gasteiger partial charge in [-0.25, -0.2) is 5.21 Å². The number of aromatic nitrogens is 1. The van der Waals surface area contributed by atoms with Crippen molar-refractivity contribution in [2.45, 2.75) is 19.3 Å². The predicted molar refractivity (Wildman–Crippen MR) is 85.4 cm³/mol. The Morgan fingerprint density at radius 3 is 2.83 bits per heavy atom. The van der Waals surface area contributed by atoms with Gasteiger partial charge in [0.25, 0.3) is 5.52 Å². The number of ether oxygens (including phenoxy) is 1. The first kappa shape index (κ1) is 16.8. The van der Waals surface area contributed by atoms with Crippen LogP contribution < -0.4 is 14.6 Å². The van der Waals surface area contributed by atoms with Crippen LogP contribution in [0.25, 0.3) is 10.9 Å². The summed E-state index contributed by atoms with van der Waals surface area (Å²) in [7, 11) is 3.67. The van der Waals surface area contributed by atoms with Crippen molar-refractivity contribution in [3.8, 4) is 5.75 Å².